The zero-order valence-electron chi connectivity index (χ0n) is 11.6. The Bertz CT molecular complexity index is 424. The fraction of sp³-hybridized carbons (Fsp3) is 0.692. The standard InChI is InChI=1S/C13H22N4OS/c1-3-4-16-5-7-17(8-6-16)13(18)11-9-19-12(15-11)10(2)14/h9-10H,3-8,14H2,1-2H3. The molecule has 1 unspecified atom stereocenters. The molecule has 5 nitrogen and oxygen atoms in total. The molecule has 0 aliphatic carbocycles. The Morgan fingerprint density at radius 2 is 2.16 bits per heavy atom. The van der Waals surface area contributed by atoms with E-state index in [0.29, 0.717) is 5.69 Å². The van der Waals surface area contributed by atoms with E-state index < -0.39 is 0 Å². The van der Waals surface area contributed by atoms with Crippen LogP contribution < -0.4 is 5.73 Å². The number of aromatic nitrogens is 1. The van der Waals surface area contributed by atoms with Crippen LogP contribution in [0.4, 0.5) is 0 Å². The average Bonchev–Trinajstić information content (AvgIpc) is 2.89. The van der Waals surface area contributed by atoms with Gasteiger partial charge in [-0.3, -0.25) is 9.69 Å². The summed E-state index contributed by atoms with van der Waals surface area (Å²) in [5.74, 6) is 0.0410. The molecule has 1 amide bonds. The molecule has 0 radical (unpaired) electrons. The summed E-state index contributed by atoms with van der Waals surface area (Å²) in [7, 11) is 0. The second-order valence-electron chi connectivity index (χ2n) is 4.99. The number of piperazine rings is 1. The van der Waals surface area contributed by atoms with Crippen molar-refractivity contribution in [2.24, 2.45) is 5.73 Å². The first-order chi connectivity index (χ1) is 9.11. The van der Waals surface area contributed by atoms with E-state index in [2.05, 4.69) is 16.8 Å². The van der Waals surface area contributed by atoms with E-state index in [1.807, 2.05) is 17.2 Å². The van der Waals surface area contributed by atoms with Crippen LogP contribution in [0, 0.1) is 0 Å². The van der Waals surface area contributed by atoms with Crippen molar-refractivity contribution in [2.75, 3.05) is 32.7 Å². The molecule has 1 fully saturated rings. The van der Waals surface area contributed by atoms with Gasteiger partial charge in [-0.05, 0) is 19.9 Å². The Labute approximate surface area is 118 Å². The van der Waals surface area contributed by atoms with Crippen molar-refractivity contribution in [3.05, 3.63) is 16.1 Å². The zero-order chi connectivity index (χ0) is 13.8. The smallest absolute Gasteiger partial charge is 0.273 e. The molecule has 0 saturated carbocycles. The molecule has 2 heterocycles. The summed E-state index contributed by atoms with van der Waals surface area (Å²) in [6, 6.07) is -0.104. The highest BCUT2D eigenvalue weighted by Crippen LogP contribution is 2.17. The van der Waals surface area contributed by atoms with E-state index in [4.69, 9.17) is 5.73 Å². The second kappa shape index (κ2) is 6.45. The highest BCUT2D eigenvalue weighted by Gasteiger charge is 2.23. The van der Waals surface area contributed by atoms with Crippen LogP contribution in [-0.2, 0) is 0 Å². The molecule has 1 aliphatic rings. The molecule has 106 valence electrons. The summed E-state index contributed by atoms with van der Waals surface area (Å²) in [5.41, 5.74) is 6.32. The Morgan fingerprint density at radius 3 is 2.68 bits per heavy atom. The first kappa shape index (κ1) is 14.4. The molecule has 1 saturated heterocycles. The van der Waals surface area contributed by atoms with Crippen LogP contribution in [0.15, 0.2) is 5.38 Å². The van der Waals surface area contributed by atoms with Gasteiger partial charge in [-0.2, -0.15) is 0 Å². The average molecular weight is 282 g/mol. The maximum absolute atomic E-state index is 12.3. The van der Waals surface area contributed by atoms with Crippen molar-refractivity contribution in [1.29, 1.82) is 0 Å². The van der Waals surface area contributed by atoms with Gasteiger partial charge in [-0.15, -0.1) is 11.3 Å². The van der Waals surface area contributed by atoms with Crippen molar-refractivity contribution < 1.29 is 4.79 Å². The van der Waals surface area contributed by atoms with Gasteiger partial charge in [0.05, 0.1) is 6.04 Å². The number of hydrogen-bond donors (Lipinski definition) is 1. The minimum Gasteiger partial charge on any atom is -0.335 e. The normalized spacial score (nSPS) is 18.6. The predicted octanol–water partition coefficient (Wildman–Crippen LogP) is 1.33. The van der Waals surface area contributed by atoms with Crippen LogP contribution in [0.2, 0.25) is 0 Å². The van der Waals surface area contributed by atoms with E-state index in [0.717, 1.165) is 44.2 Å². The monoisotopic (exact) mass is 282 g/mol. The summed E-state index contributed by atoms with van der Waals surface area (Å²) >= 11 is 1.46. The van der Waals surface area contributed by atoms with Crippen LogP contribution in [0.1, 0.15) is 41.8 Å². The number of rotatable bonds is 4. The first-order valence-corrected chi connectivity index (χ1v) is 7.72. The molecule has 0 bridgehead atoms. The number of thiazole rings is 1. The predicted molar refractivity (Wildman–Crippen MR) is 77.4 cm³/mol. The van der Waals surface area contributed by atoms with Crippen LogP contribution >= 0.6 is 11.3 Å². The zero-order valence-corrected chi connectivity index (χ0v) is 12.4. The summed E-state index contributed by atoms with van der Waals surface area (Å²) < 4.78 is 0. The number of nitrogens with zero attached hydrogens (tertiary/aromatic N) is 3. The fourth-order valence-electron chi connectivity index (χ4n) is 2.25. The molecule has 6 heteroatoms. The van der Waals surface area contributed by atoms with Crippen LogP contribution in [0.3, 0.4) is 0 Å². The molecule has 0 aromatic carbocycles. The fourth-order valence-corrected chi connectivity index (χ4v) is 3.00. The topological polar surface area (TPSA) is 62.5 Å². The minimum atomic E-state index is -0.104. The van der Waals surface area contributed by atoms with E-state index in [-0.39, 0.29) is 11.9 Å². The lowest BCUT2D eigenvalue weighted by Crippen LogP contribution is -2.48. The molecule has 0 spiro atoms. The molecule has 1 atom stereocenters. The maximum Gasteiger partial charge on any atom is 0.273 e. The second-order valence-corrected chi connectivity index (χ2v) is 5.88. The maximum atomic E-state index is 12.3. The van der Waals surface area contributed by atoms with Crippen molar-refractivity contribution >= 4 is 17.2 Å². The van der Waals surface area contributed by atoms with E-state index in [1.165, 1.54) is 11.3 Å². The molecular weight excluding hydrogens is 260 g/mol. The summed E-state index contributed by atoms with van der Waals surface area (Å²) in [6.07, 6.45) is 1.16. The van der Waals surface area contributed by atoms with Crippen molar-refractivity contribution in [3.8, 4) is 0 Å². The van der Waals surface area contributed by atoms with E-state index >= 15 is 0 Å². The van der Waals surface area contributed by atoms with Gasteiger partial charge in [0.2, 0.25) is 0 Å². The van der Waals surface area contributed by atoms with E-state index in [1.54, 1.807) is 0 Å². The molecule has 2 rings (SSSR count). The lowest BCUT2D eigenvalue weighted by molar-refractivity contribution is 0.0632. The molecule has 1 aromatic heterocycles. The highest BCUT2D eigenvalue weighted by molar-refractivity contribution is 7.09. The van der Waals surface area contributed by atoms with Crippen molar-refractivity contribution in [3.63, 3.8) is 0 Å². The first-order valence-electron chi connectivity index (χ1n) is 6.84. The lowest BCUT2D eigenvalue weighted by atomic mass is 10.2. The third kappa shape index (κ3) is 3.52. The van der Waals surface area contributed by atoms with Gasteiger partial charge in [-0.25, -0.2) is 4.98 Å². The van der Waals surface area contributed by atoms with Crippen LogP contribution in [0.25, 0.3) is 0 Å². The number of carbonyl (C=O) groups excluding carboxylic acids is 1. The molecule has 1 aromatic rings. The Morgan fingerprint density at radius 1 is 1.47 bits per heavy atom. The Balaban J connectivity index is 1.93. The van der Waals surface area contributed by atoms with Crippen molar-refractivity contribution in [1.82, 2.24) is 14.8 Å². The van der Waals surface area contributed by atoms with Crippen LogP contribution in [-0.4, -0.2) is 53.4 Å². The minimum absolute atomic E-state index is 0.0410. The molecular formula is C13H22N4OS. The third-order valence-corrected chi connectivity index (χ3v) is 4.38. The molecule has 1 aliphatic heterocycles. The Hall–Kier alpha value is -0.980. The largest absolute Gasteiger partial charge is 0.335 e. The number of nitrogens with two attached hydrogens (primary N) is 1. The number of hydrogen-bond acceptors (Lipinski definition) is 5. The number of amides is 1. The molecule has 19 heavy (non-hydrogen) atoms. The Kier molecular flexibility index (Phi) is 4.90. The summed E-state index contributed by atoms with van der Waals surface area (Å²) in [5, 5.41) is 2.65. The van der Waals surface area contributed by atoms with Gasteiger partial charge in [0.15, 0.2) is 0 Å². The summed E-state index contributed by atoms with van der Waals surface area (Å²) in [4.78, 5) is 20.9. The lowest BCUT2D eigenvalue weighted by Gasteiger charge is -2.34. The van der Waals surface area contributed by atoms with Gasteiger partial charge in [0, 0.05) is 31.6 Å². The van der Waals surface area contributed by atoms with Crippen LogP contribution in [0.5, 0.6) is 0 Å². The van der Waals surface area contributed by atoms with Gasteiger partial charge < -0.3 is 10.6 Å². The van der Waals surface area contributed by atoms with Gasteiger partial charge in [0.25, 0.3) is 5.91 Å². The summed E-state index contributed by atoms with van der Waals surface area (Å²) in [6.45, 7) is 8.70. The van der Waals surface area contributed by atoms with Gasteiger partial charge in [-0.1, -0.05) is 6.92 Å². The number of carbonyl (C=O) groups is 1. The SMILES string of the molecule is CCCN1CCN(C(=O)c2csc(C(C)N)n2)CC1. The van der Waals surface area contributed by atoms with E-state index in [9.17, 15) is 4.79 Å². The quantitative estimate of drug-likeness (QED) is 0.905. The van der Waals surface area contributed by atoms with Gasteiger partial charge >= 0.3 is 0 Å². The third-order valence-electron chi connectivity index (χ3n) is 3.33. The highest BCUT2D eigenvalue weighted by atomic mass is 32.1. The van der Waals surface area contributed by atoms with Crippen molar-refractivity contribution in [2.45, 2.75) is 26.3 Å². The molecule has 2 N–H and O–H groups in total. The van der Waals surface area contributed by atoms with Gasteiger partial charge in [0.1, 0.15) is 10.7 Å².